The second kappa shape index (κ2) is 7.68. The maximum Gasteiger partial charge on any atom is 0.334 e. The van der Waals surface area contributed by atoms with Crippen LogP contribution in [0.25, 0.3) is 0 Å². The van der Waals surface area contributed by atoms with E-state index in [0.29, 0.717) is 19.0 Å². The maximum atomic E-state index is 12.5. The highest BCUT2D eigenvalue weighted by Crippen LogP contribution is 2.22. The lowest BCUT2D eigenvalue weighted by molar-refractivity contribution is -0.145. The lowest BCUT2D eigenvalue weighted by Gasteiger charge is -2.32. The zero-order valence-electron chi connectivity index (χ0n) is 14.9. The van der Waals surface area contributed by atoms with Crippen molar-refractivity contribution in [3.63, 3.8) is 0 Å². The summed E-state index contributed by atoms with van der Waals surface area (Å²) in [4.78, 5) is 51.5. The van der Waals surface area contributed by atoms with Crippen LogP contribution in [0.15, 0.2) is 30.3 Å². The quantitative estimate of drug-likeness (QED) is 0.587. The standard InChI is InChI=1S/C19H23N3O4/c1-2-21-17(24)18(25)22(19(21)26)13-16(23)20-10-8-15(9-11-20)12-14-6-4-3-5-7-14/h3-7,15H,2,8-13H2,1H3. The van der Waals surface area contributed by atoms with Crippen LogP contribution in [0.2, 0.25) is 0 Å². The van der Waals surface area contributed by atoms with Gasteiger partial charge in [-0.05, 0) is 37.7 Å². The summed E-state index contributed by atoms with van der Waals surface area (Å²) in [5, 5.41) is 0. The summed E-state index contributed by atoms with van der Waals surface area (Å²) in [6.45, 7) is 2.60. The molecule has 1 aromatic rings. The monoisotopic (exact) mass is 357 g/mol. The van der Waals surface area contributed by atoms with Gasteiger partial charge in [0.1, 0.15) is 6.54 Å². The molecule has 3 rings (SSSR count). The van der Waals surface area contributed by atoms with Crippen molar-refractivity contribution in [2.24, 2.45) is 5.92 Å². The molecule has 0 aliphatic carbocycles. The Morgan fingerprint density at radius 3 is 2.19 bits per heavy atom. The zero-order chi connectivity index (χ0) is 18.7. The van der Waals surface area contributed by atoms with Crippen molar-refractivity contribution in [3.05, 3.63) is 35.9 Å². The fraction of sp³-hybridized carbons (Fsp3) is 0.474. The highest BCUT2D eigenvalue weighted by atomic mass is 16.2. The Morgan fingerprint density at radius 1 is 1.00 bits per heavy atom. The number of nitrogens with zero attached hydrogens (tertiary/aromatic N) is 3. The summed E-state index contributed by atoms with van der Waals surface area (Å²) in [6.07, 6.45) is 2.77. The summed E-state index contributed by atoms with van der Waals surface area (Å²) in [6, 6.07) is 9.57. The first-order valence-corrected chi connectivity index (χ1v) is 9.00. The summed E-state index contributed by atoms with van der Waals surface area (Å²) in [5.41, 5.74) is 1.30. The lowest BCUT2D eigenvalue weighted by atomic mass is 9.90. The average Bonchev–Trinajstić information content (AvgIpc) is 2.86. The minimum atomic E-state index is -0.913. The first-order valence-electron chi connectivity index (χ1n) is 9.00. The molecule has 138 valence electrons. The van der Waals surface area contributed by atoms with Gasteiger partial charge in [-0.15, -0.1) is 0 Å². The van der Waals surface area contributed by atoms with Crippen molar-refractivity contribution < 1.29 is 19.2 Å². The van der Waals surface area contributed by atoms with Crippen molar-refractivity contribution in [2.75, 3.05) is 26.2 Å². The van der Waals surface area contributed by atoms with Crippen molar-refractivity contribution in [3.8, 4) is 0 Å². The van der Waals surface area contributed by atoms with E-state index in [0.717, 1.165) is 29.1 Å². The first kappa shape index (κ1) is 18.1. The van der Waals surface area contributed by atoms with E-state index in [9.17, 15) is 19.2 Å². The molecular formula is C19H23N3O4. The van der Waals surface area contributed by atoms with E-state index >= 15 is 0 Å². The number of hydrogen-bond donors (Lipinski definition) is 0. The van der Waals surface area contributed by atoms with Gasteiger partial charge in [0.15, 0.2) is 0 Å². The molecule has 0 atom stereocenters. The van der Waals surface area contributed by atoms with Crippen LogP contribution in [0.1, 0.15) is 25.3 Å². The third-order valence-electron chi connectivity index (χ3n) is 5.08. The molecular weight excluding hydrogens is 334 g/mol. The molecule has 26 heavy (non-hydrogen) atoms. The predicted octanol–water partition coefficient (Wildman–Crippen LogP) is 1.28. The molecule has 0 bridgehead atoms. The Morgan fingerprint density at radius 2 is 1.62 bits per heavy atom. The van der Waals surface area contributed by atoms with Crippen LogP contribution >= 0.6 is 0 Å². The molecule has 0 unspecified atom stereocenters. The van der Waals surface area contributed by atoms with Gasteiger partial charge < -0.3 is 4.90 Å². The van der Waals surface area contributed by atoms with Crippen LogP contribution in [0.5, 0.6) is 0 Å². The van der Waals surface area contributed by atoms with E-state index < -0.39 is 17.8 Å². The molecule has 1 aromatic carbocycles. The third-order valence-corrected chi connectivity index (χ3v) is 5.08. The molecule has 2 fully saturated rings. The number of urea groups is 1. The smallest absolute Gasteiger partial charge is 0.334 e. The maximum absolute atomic E-state index is 12.5. The van der Waals surface area contributed by atoms with Gasteiger partial charge in [-0.25, -0.2) is 9.69 Å². The Kier molecular flexibility index (Phi) is 5.35. The molecule has 5 amide bonds. The second-order valence-corrected chi connectivity index (χ2v) is 6.74. The molecule has 0 saturated carbocycles. The normalized spacial score (nSPS) is 18.8. The fourth-order valence-electron chi connectivity index (χ4n) is 3.54. The van der Waals surface area contributed by atoms with Crippen LogP contribution in [0.4, 0.5) is 4.79 Å². The van der Waals surface area contributed by atoms with Crippen LogP contribution in [-0.4, -0.2) is 64.6 Å². The van der Waals surface area contributed by atoms with E-state index in [1.807, 2.05) is 18.2 Å². The van der Waals surface area contributed by atoms with Crippen molar-refractivity contribution in [2.45, 2.75) is 26.2 Å². The van der Waals surface area contributed by atoms with Gasteiger partial charge in [0.25, 0.3) is 0 Å². The highest BCUT2D eigenvalue weighted by molar-refractivity contribution is 6.45. The average molecular weight is 357 g/mol. The molecule has 0 aromatic heterocycles. The molecule has 7 heteroatoms. The van der Waals surface area contributed by atoms with Crippen LogP contribution in [-0.2, 0) is 20.8 Å². The Labute approximate surface area is 152 Å². The van der Waals surface area contributed by atoms with Crippen LogP contribution in [0.3, 0.4) is 0 Å². The number of hydrogen-bond acceptors (Lipinski definition) is 4. The second-order valence-electron chi connectivity index (χ2n) is 6.74. The van der Waals surface area contributed by atoms with Gasteiger partial charge in [0.2, 0.25) is 5.91 Å². The number of benzene rings is 1. The molecule has 2 heterocycles. The number of imide groups is 2. The predicted molar refractivity (Wildman–Crippen MR) is 93.9 cm³/mol. The Hall–Kier alpha value is -2.70. The molecule has 0 spiro atoms. The number of carbonyl (C=O) groups is 4. The van der Waals surface area contributed by atoms with Gasteiger partial charge in [-0.1, -0.05) is 30.3 Å². The summed E-state index contributed by atoms with van der Waals surface area (Å²) >= 11 is 0. The minimum absolute atomic E-state index is 0.124. The molecule has 2 saturated heterocycles. The topological polar surface area (TPSA) is 78.0 Å². The number of likely N-dealkylation sites (tertiary alicyclic amines) is 1. The summed E-state index contributed by atoms with van der Waals surface area (Å²) in [7, 11) is 0. The molecule has 2 aliphatic heterocycles. The zero-order valence-corrected chi connectivity index (χ0v) is 14.9. The number of amides is 5. The lowest BCUT2D eigenvalue weighted by Crippen LogP contribution is -2.46. The number of rotatable bonds is 5. The summed E-state index contributed by atoms with van der Waals surface area (Å²) in [5.74, 6) is -1.53. The molecule has 2 aliphatic rings. The van der Waals surface area contributed by atoms with Crippen LogP contribution in [0, 0.1) is 5.92 Å². The van der Waals surface area contributed by atoms with Gasteiger partial charge in [-0.2, -0.15) is 0 Å². The number of carbonyl (C=O) groups excluding carboxylic acids is 4. The van der Waals surface area contributed by atoms with Gasteiger partial charge >= 0.3 is 17.8 Å². The Balaban J connectivity index is 1.52. The SMILES string of the molecule is CCN1C(=O)C(=O)N(CC(=O)N2CCC(Cc3ccccc3)CC2)C1=O. The van der Waals surface area contributed by atoms with Gasteiger partial charge in [0, 0.05) is 19.6 Å². The summed E-state index contributed by atoms with van der Waals surface area (Å²) < 4.78 is 0. The fourth-order valence-corrected chi connectivity index (χ4v) is 3.54. The van der Waals surface area contributed by atoms with E-state index in [4.69, 9.17) is 0 Å². The molecule has 7 nitrogen and oxygen atoms in total. The number of likely N-dealkylation sites (N-methyl/N-ethyl adjacent to an activating group) is 1. The highest BCUT2D eigenvalue weighted by Gasteiger charge is 2.44. The third kappa shape index (κ3) is 3.61. The molecule has 0 N–H and O–H groups in total. The van der Waals surface area contributed by atoms with Crippen molar-refractivity contribution in [1.29, 1.82) is 0 Å². The van der Waals surface area contributed by atoms with E-state index in [1.54, 1.807) is 11.8 Å². The van der Waals surface area contributed by atoms with Crippen LogP contribution < -0.4 is 0 Å². The van der Waals surface area contributed by atoms with Gasteiger partial charge in [-0.3, -0.25) is 19.3 Å². The van der Waals surface area contributed by atoms with E-state index in [1.165, 1.54) is 5.56 Å². The molecule has 0 radical (unpaired) electrons. The van der Waals surface area contributed by atoms with Crippen molar-refractivity contribution in [1.82, 2.24) is 14.7 Å². The van der Waals surface area contributed by atoms with E-state index in [-0.39, 0.29) is 19.0 Å². The first-order chi connectivity index (χ1) is 12.5. The van der Waals surface area contributed by atoms with E-state index in [2.05, 4.69) is 12.1 Å². The minimum Gasteiger partial charge on any atom is -0.341 e. The Bertz CT molecular complexity index is 711. The number of piperidine rings is 1. The van der Waals surface area contributed by atoms with Crippen molar-refractivity contribution >= 4 is 23.8 Å². The largest absolute Gasteiger partial charge is 0.341 e. The van der Waals surface area contributed by atoms with Gasteiger partial charge in [0.05, 0.1) is 0 Å².